The Hall–Kier alpha value is 0.0600. The van der Waals surface area contributed by atoms with Gasteiger partial charge in [0.15, 0.2) is 0 Å². The summed E-state index contributed by atoms with van der Waals surface area (Å²) in [7, 11) is 0. The van der Waals surface area contributed by atoms with Gasteiger partial charge in [-0.3, -0.25) is 0 Å². The molecule has 0 saturated carbocycles. The maximum absolute atomic E-state index is 5.48. The van der Waals surface area contributed by atoms with Crippen molar-refractivity contribution in [2.45, 2.75) is 6.10 Å². The molecular formula is C7H10Cl2O2. The molecule has 0 aliphatic carbocycles. The van der Waals surface area contributed by atoms with Gasteiger partial charge in [0, 0.05) is 11.8 Å². The summed E-state index contributed by atoms with van der Waals surface area (Å²) < 4.78 is 9.90. The Morgan fingerprint density at radius 1 is 1.36 bits per heavy atom. The van der Waals surface area contributed by atoms with Gasteiger partial charge in [-0.25, -0.2) is 0 Å². The molecule has 0 saturated heterocycles. The van der Waals surface area contributed by atoms with Crippen LogP contribution in [0.3, 0.4) is 0 Å². The first-order valence-electron chi connectivity index (χ1n) is 3.09. The minimum Gasteiger partial charge on any atom is -0.350 e. The highest BCUT2D eigenvalue weighted by atomic mass is 35.5. The second-order valence-electron chi connectivity index (χ2n) is 1.77. The van der Waals surface area contributed by atoms with Crippen LogP contribution in [0, 0.1) is 12.3 Å². The monoisotopic (exact) mass is 196 g/mol. The molecule has 2 nitrogen and oxygen atoms in total. The van der Waals surface area contributed by atoms with Crippen molar-refractivity contribution in [2.75, 3.05) is 25.2 Å². The second kappa shape index (κ2) is 8.16. The van der Waals surface area contributed by atoms with Gasteiger partial charge in [-0.15, -0.1) is 29.6 Å². The molecule has 0 atom stereocenters. The molecule has 0 aromatic rings. The van der Waals surface area contributed by atoms with Crippen LogP contribution in [-0.2, 0) is 9.47 Å². The first-order chi connectivity index (χ1) is 5.35. The zero-order valence-electron chi connectivity index (χ0n) is 6.06. The zero-order valence-corrected chi connectivity index (χ0v) is 7.57. The summed E-state index contributed by atoms with van der Waals surface area (Å²) in [5, 5.41) is 0. The van der Waals surface area contributed by atoms with Gasteiger partial charge in [-0.1, -0.05) is 5.92 Å². The number of terminal acetylenes is 1. The third-order valence-corrected chi connectivity index (χ3v) is 1.61. The first-order valence-corrected chi connectivity index (χ1v) is 4.16. The van der Waals surface area contributed by atoms with E-state index in [1.807, 2.05) is 0 Å². The number of halogens is 2. The van der Waals surface area contributed by atoms with Crippen molar-refractivity contribution >= 4 is 23.2 Å². The molecule has 0 bridgehead atoms. The van der Waals surface area contributed by atoms with Crippen LogP contribution in [0.15, 0.2) is 0 Å². The molecular weight excluding hydrogens is 187 g/mol. The van der Waals surface area contributed by atoms with E-state index >= 15 is 0 Å². The van der Waals surface area contributed by atoms with Crippen LogP contribution in [0.25, 0.3) is 0 Å². The Bertz CT molecular complexity index is 118. The van der Waals surface area contributed by atoms with Gasteiger partial charge in [-0.2, -0.15) is 0 Å². The van der Waals surface area contributed by atoms with Crippen LogP contribution in [0.5, 0.6) is 0 Å². The predicted octanol–water partition coefficient (Wildman–Crippen LogP) is 1.46. The molecule has 11 heavy (non-hydrogen) atoms. The standard InChI is InChI=1S/C7H10Cl2O2/c1-2-3-10-6-11-7(4-8)5-9/h1,7H,3-6H2. The van der Waals surface area contributed by atoms with E-state index in [4.69, 9.17) is 39.1 Å². The van der Waals surface area contributed by atoms with Crippen molar-refractivity contribution in [3.8, 4) is 12.3 Å². The Kier molecular flexibility index (Phi) is 8.20. The van der Waals surface area contributed by atoms with E-state index in [0.29, 0.717) is 11.8 Å². The fraction of sp³-hybridized carbons (Fsp3) is 0.714. The molecule has 0 unspecified atom stereocenters. The van der Waals surface area contributed by atoms with Gasteiger partial charge in [-0.05, 0) is 0 Å². The lowest BCUT2D eigenvalue weighted by Crippen LogP contribution is -2.18. The minimum absolute atomic E-state index is 0.147. The van der Waals surface area contributed by atoms with Crippen molar-refractivity contribution in [3.63, 3.8) is 0 Å². The highest BCUT2D eigenvalue weighted by molar-refractivity contribution is 6.21. The van der Waals surface area contributed by atoms with Gasteiger partial charge in [0.05, 0.1) is 6.10 Å². The summed E-state index contributed by atoms with van der Waals surface area (Å²) in [6.07, 6.45) is 4.77. The number of ether oxygens (including phenoxy) is 2. The summed E-state index contributed by atoms with van der Waals surface area (Å²) in [5.41, 5.74) is 0. The lowest BCUT2D eigenvalue weighted by molar-refractivity contribution is -0.0664. The smallest absolute Gasteiger partial charge is 0.148 e. The lowest BCUT2D eigenvalue weighted by atomic mass is 10.5. The van der Waals surface area contributed by atoms with Gasteiger partial charge < -0.3 is 9.47 Å². The predicted molar refractivity (Wildman–Crippen MR) is 46.0 cm³/mol. The summed E-state index contributed by atoms with van der Waals surface area (Å²) in [4.78, 5) is 0. The maximum atomic E-state index is 5.48. The largest absolute Gasteiger partial charge is 0.350 e. The molecule has 64 valence electrons. The maximum Gasteiger partial charge on any atom is 0.148 e. The van der Waals surface area contributed by atoms with Crippen LogP contribution in [-0.4, -0.2) is 31.3 Å². The van der Waals surface area contributed by atoms with Gasteiger partial charge in [0.1, 0.15) is 13.4 Å². The van der Waals surface area contributed by atoms with E-state index in [0.717, 1.165) is 0 Å². The zero-order chi connectivity index (χ0) is 8.53. The molecule has 0 heterocycles. The normalized spacial score (nSPS) is 10.0. The number of hydrogen-bond donors (Lipinski definition) is 0. The summed E-state index contributed by atoms with van der Waals surface area (Å²) in [6, 6.07) is 0. The lowest BCUT2D eigenvalue weighted by Gasteiger charge is -2.10. The number of alkyl halides is 2. The van der Waals surface area contributed by atoms with Crippen LogP contribution in [0.1, 0.15) is 0 Å². The molecule has 0 aromatic heterocycles. The van der Waals surface area contributed by atoms with Crippen LogP contribution in [0.4, 0.5) is 0 Å². The molecule has 0 radical (unpaired) electrons. The van der Waals surface area contributed by atoms with Gasteiger partial charge >= 0.3 is 0 Å². The quantitative estimate of drug-likeness (QED) is 0.277. The SMILES string of the molecule is C#CCOCOC(CCl)CCl. The first kappa shape index (κ1) is 11.1. The third-order valence-electron chi connectivity index (χ3n) is 0.917. The van der Waals surface area contributed by atoms with E-state index in [-0.39, 0.29) is 19.5 Å². The molecule has 0 fully saturated rings. The highest BCUT2D eigenvalue weighted by Gasteiger charge is 2.04. The highest BCUT2D eigenvalue weighted by Crippen LogP contribution is 1.97. The summed E-state index contributed by atoms with van der Waals surface area (Å²) >= 11 is 11.0. The van der Waals surface area contributed by atoms with Crippen LogP contribution in [0.2, 0.25) is 0 Å². The minimum atomic E-state index is -0.156. The van der Waals surface area contributed by atoms with Crippen LogP contribution >= 0.6 is 23.2 Å². The molecule has 0 spiro atoms. The Balaban J connectivity index is 3.16. The van der Waals surface area contributed by atoms with Crippen molar-refractivity contribution < 1.29 is 9.47 Å². The van der Waals surface area contributed by atoms with Crippen molar-refractivity contribution in [1.29, 1.82) is 0 Å². The molecule has 4 heteroatoms. The van der Waals surface area contributed by atoms with E-state index in [1.54, 1.807) is 0 Å². The molecule has 0 N–H and O–H groups in total. The second-order valence-corrected chi connectivity index (χ2v) is 2.38. The molecule has 0 amide bonds. The Labute approximate surface area is 76.8 Å². The molecule has 0 aliphatic rings. The molecule has 0 aromatic carbocycles. The fourth-order valence-electron chi connectivity index (χ4n) is 0.375. The average molecular weight is 197 g/mol. The molecule has 0 rings (SSSR count). The average Bonchev–Trinajstić information content (AvgIpc) is 2.05. The van der Waals surface area contributed by atoms with E-state index in [9.17, 15) is 0 Å². The Morgan fingerprint density at radius 3 is 2.45 bits per heavy atom. The van der Waals surface area contributed by atoms with Gasteiger partial charge in [0.25, 0.3) is 0 Å². The third kappa shape index (κ3) is 6.46. The number of hydrogen-bond acceptors (Lipinski definition) is 2. The topological polar surface area (TPSA) is 18.5 Å². The van der Waals surface area contributed by atoms with Crippen molar-refractivity contribution in [1.82, 2.24) is 0 Å². The van der Waals surface area contributed by atoms with E-state index in [1.165, 1.54) is 0 Å². The van der Waals surface area contributed by atoms with Crippen molar-refractivity contribution in [2.24, 2.45) is 0 Å². The summed E-state index contributed by atoms with van der Waals surface area (Å²) in [5.74, 6) is 3.04. The van der Waals surface area contributed by atoms with E-state index in [2.05, 4.69) is 5.92 Å². The van der Waals surface area contributed by atoms with Gasteiger partial charge in [0.2, 0.25) is 0 Å². The molecule has 0 aliphatic heterocycles. The van der Waals surface area contributed by atoms with E-state index < -0.39 is 0 Å². The summed E-state index contributed by atoms with van der Waals surface area (Å²) in [6.45, 7) is 0.394. The number of rotatable bonds is 6. The van der Waals surface area contributed by atoms with Crippen molar-refractivity contribution in [3.05, 3.63) is 0 Å². The fourth-order valence-corrected chi connectivity index (χ4v) is 0.883. The Morgan fingerprint density at radius 2 is 2.00 bits per heavy atom. The van der Waals surface area contributed by atoms with Crippen LogP contribution < -0.4 is 0 Å².